The van der Waals surface area contributed by atoms with Crippen LogP contribution in [0.4, 0.5) is 16.3 Å². The van der Waals surface area contributed by atoms with Crippen LogP contribution < -0.4 is 14.9 Å². The Morgan fingerprint density at radius 2 is 1.97 bits per heavy atom. The van der Waals surface area contributed by atoms with Crippen LogP contribution in [0, 0.1) is 5.92 Å². The Kier molecular flexibility index (Phi) is 6.02. The number of nitrogens with one attached hydrogen (secondary N) is 3. The molecule has 2 atom stereocenters. The molecule has 32 heavy (non-hydrogen) atoms. The number of hydrogen-bond donors (Lipinski definition) is 3. The van der Waals surface area contributed by atoms with Gasteiger partial charge in [-0.15, -0.1) is 0 Å². The van der Waals surface area contributed by atoms with E-state index in [2.05, 4.69) is 36.8 Å². The molecule has 0 spiro atoms. The van der Waals surface area contributed by atoms with Crippen LogP contribution in [0.15, 0.2) is 47.8 Å². The number of fused-ring (bicyclic) bond motifs is 1. The van der Waals surface area contributed by atoms with Gasteiger partial charge < -0.3 is 20.1 Å². The maximum atomic E-state index is 12.9. The first kappa shape index (κ1) is 22.0. The van der Waals surface area contributed by atoms with E-state index in [9.17, 15) is 13.2 Å². The minimum Gasteiger partial charge on any atom is -0.354 e. The summed E-state index contributed by atoms with van der Waals surface area (Å²) in [5, 5.41) is 3.82. The van der Waals surface area contributed by atoms with Crippen molar-refractivity contribution in [1.29, 1.82) is 0 Å². The molecule has 4 rings (SSSR count). The Morgan fingerprint density at radius 3 is 2.69 bits per heavy atom. The average molecular weight is 458 g/mol. The summed E-state index contributed by atoms with van der Waals surface area (Å²) in [5.74, 6) is 1.20. The van der Waals surface area contributed by atoms with Crippen molar-refractivity contribution >= 4 is 38.6 Å². The van der Waals surface area contributed by atoms with Gasteiger partial charge in [0.25, 0.3) is 0 Å². The molecule has 1 fully saturated rings. The van der Waals surface area contributed by atoms with Gasteiger partial charge in [0.2, 0.25) is 10.0 Å². The highest BCUT2D eigenvalue weighted by atomic mass is 32.2. The van der Waals surface area contributed by atoms with E-state index in [1.807, 2.05) is 19.3 Å². The second-order valence-corrected chi connectivity index (χ2v) is 9.88. The number of anilines is 2. The number of rotatable bonds is 5. The third kappa shape index (κ3) is 4.26. The van der Waals surface area contributed by atoms with Crippen molar-refractivity contribution in [2.75, 3.05) is 37.4 Å². The maximum absolute atomic E-state index is 12.9. The number of aromatic amines is 1. The van der Waals surface area contributed by atoms with Crippen molar-refractivity contribution < 1.29 is 13.2 Å². The molecule has 0 bridgehead atoms. The zero-order valence-electron chi connectivity index (χ0n) is 18.2. The Bertz CT molecular complexity index is 1210. The Labute approximate surface area is 187 Å². The van der Waals surface area contributed by atoms with E-state index in [0.717, 1.165) is 23.3 Å². The fourth-order valence-corrected chi connectivity index (χ4v) is 4.80. The van der Waals surface area contributed by atoms with Gasteiger partial charge in [-0.2, -0.15) is 0 Å². The number of urea groups is 1. The van der Waals surface area contributed by atoms with Crippen molar-refractivity contribution in [3.05, 3.63) is 42.9 Å². The van der Waals surface area contributed by atoms with E-state index in [1.54, 1.807) is 23.4 Å². The third-order valence-corrected chi connectivity index (χ3v) is 7.49. The number of H-pyrrole nitrogens is 1. The summed E-state index contributed by atoms with van der Waals surface area (Å²) in [5.41, 5.74) is 1.32. The number of nitrogens with zero attached hydrogens (tertiary/aromatic N) is 4. The number of likely N-dealkylation sites (N-methyl/N-ethyl adjacent to an activating group) is 1. The van der Waals surface area contributed by atoms with E-state index in [1.165, 1.54) is 19.2 Å². The van der Waals surface area contributed by atoms with E-state index < -0.39 is 10.0 Å². The van der Waals surface area contributed by atoms with Gasteiger partial charge in [-0.1, -0.05) is 6.92 Å². The van der Waals surface area contributed by atoms with Gasteiger partial charge in [-0.3, -0.25) is 0 Å². The number of piperidine rings is 1. The molecule has 1 aromatic carbocycles. The standard InChI is InChI=1S/C21H27N7O3S/c1-14-9-11-28(21(29)26-15-4-6-16(7-5-15)32(30,31)22-2)12-18(14)27(3)20-17-8-10-23-19(17)24-13-25-20/h4-8,10,13-14,18,22H,9,11-12H2,1-3H3,(H,26,29)(H,23,24,25). The molecule has 10 nitrogen and oxygen atoms in total. The summed E-state index contributed by atoms with van der Waals surface area (Å²) < 4.78 is 26.0. The van der Waals surface area contributed by atoms with Crippen molar-refractivity contribution in [1.82, 2.24) is 24.6 Å². The molecule has 3 N–H and O–H groups in total. The van der Waals surface area contributed by atoms with Gasteiger partial charge in [0.05, 0.1) is 16.3 Å². The van der Waals surface area contributed by atoms with Crippen molar-refractivity contribution in [2.45, 2.75) is 24.3 Å². The zero-order chi connectivity index (χ0) is 22.9. The van der Waals surface area contributed by atoms with E-state index in [4.69, 9.17) is 0 Å². The SMILES string of the molecule is CNS(=O)(=O)c1ccc(NC(=O)N2CCC(C)C(N(C)c3ncnc4[nH]ccc34)C2)cc1. The van der Waals surface area contributed by atoms with Crippen LogP contribution >= 0.6 is 0 Å². The molecule has 1 aliphatic heterocycles. The Morgan fingerprint density at radius 1 is 1.22 bits per heavy atom. The number of likely N-dealkylation sites (tertiary alicyclic amines) is 1. The topological polar surface area (TPSA) is 123 Å². The second-order valence-electron chi connectivity index (χ2n) is 7.99. The van der Waals surface area contributed by atoms with Gasteiger partial charge in [0, 0.05) is 32.0 Å². The second kappa shape index (κ2) is 8.75. The quantitative estimate of drug-likeness (QED) is 0.540. The number of carbonyl (C=O) groups excluding carboxylic acids is 1. The van der Waals surface area contributed by atoms with Gasteiger partial charge >= 0.3 is 6.03 Å². The lowest BCUT2D eigenvalue weighted by Gasteiger charge is -2.42. The Balaban J connectivity index is 1.47. The highest BCUT2D eigenvalue weighted by Crippen LogP contribution is 2.29. The van der Waals surface area contributed by atoms with Gasteiger partial charge in [-0.05, 0) is 49.7 Å². The van der Waals surface area contributed by atoms with Crippen LogP contribution in [0.2, 0.25) is 0 Å². The lowest BCUT2D eigenvalue weighted by molar-refractivity contribution is 0.172. The summed E-state index contributed by atoms with van der Waals surface area (Å²) in [6, 6.07) is 7.93. The number of carbonyl (C=O) groups is 1. The molecule has 0 aliphatic carbocycles. The molecule has 0 saturated carbocycles. The number of amides is 2. The molecule has 3 heterocycles. The lowest BCUT2D eigenvalue weighted by Crippen LogP contribution is -2.53. The fraction of sp³-hybridized carbons (Fsp3) is 0.381. The Hall–Kier alpha value is -3.18. The first-order valence-corrected chi connectivity index (χ1v) is 11.9. The van der Waals surface area contributed by atoms with Crippen molar-refractivity contribution in [2.24, 2.45) is 5.92 Å². The van der Waals surface area contributed by atoms with Crippen LogP contribution in [0.25, 0.3) is 11.0 Å². The first-order chi connectivity index (χ1) is 15.3. The summed E-state index contributed by atoms with van der Waals surface area (Å²) in [6.07, 6.45) is 4.25. The fourth-order valence-electron chi connectivity index (χ4n) is 4.07. The summed E-state index contributed by atoms with van der Waals surface area (Å²) in [7, 11) is -0.158. The largest absolute Gasteiger partial charge is 0.354 e. The van der Waals surface area contributed by atoms with Gasteiger partial charge in [0.15, 0.2) is 0 Å². The van der Waals surface area contributed by atoms with Gasteiger partial charge in [-0.25, -0.2) is 27.9 Å². The molecule has 1 aliphatic rings. The van der Waals surface area contributed by atoms with Crippen LogP contribution in [-0.4, -0.2) is 67.5 Å². The molecular formula is C21H27N7O3S. The van der Waals surface area contributed by atoms with Crippen LogP contribution in [0.3, 0.4) is 0 Å². The van der Waals surface area contributed by atoms with Crippen LogP contribution in [0.5, 0.6) is 0 Å². The van der Waals surface area contributed by atoms with E-state index >= 15 is 0 Å². The first-order valence-electron chi connectivity index (χ1n) is 10.4. The summed E-state index contributed by atoms with van der Waals surface area (Å²) >= 11 is 0. The van der Waals surface area contributed by atoms with E-state index in [-0.39, 0.29) is 17.0 Å². The molecule has 170 valence electrons. The summed E-state index contributed by atoms with van der Waals surface area (Å²) in [6.45, 7) is 3.38. The van der Waals surface area contributed by atoms with Gasteiger partial charge in [0.1, 0.15) is 17.8 Å². The smallest absolute Gasteiger partial charge is 0.321 e. The summed E-state index contributed by atoms with van der Waals surface area (Å²) in [4.78, 5) is 28.8. The number of aromatic nitrogens is 3. The predicted octanol–water partition coefficient (Wildman–Crippen LogP) is 2.24. The molecule has 0 radical (unpaired) electrons. The third-order valence-electron chi connectivity index (χ3n) is 6.05. The van der Waals surface area contributed by atoms with Crippen LogP contribution in [0.1, 0.15) is 13.3 Å². The number of hydrogen-bond acceptors (Lipinski definition) is 6. The molecule has 2 unspecified atom stereocenters. The van der Waals surface area contributed by atoms with Crippen molar-refractivity contribution in [3.63, 3.8) is 0 Å². The highest BCUT2D eigenvalue weighted by Gasteiger charge is 2.33. The monoisotopic (exact) mass is 457 g/mol. The molecule has 1 saturated heterocycles. The molecule has 3 aromatic rings. The predicted molar refractivity (Wildman–Crippen MR) is 123 cm³/mol. The maximum Gasteiger partial charge on any atom is 0.321 e. The number of sulfonamides is 1. The minimum absolute atomic E-state index is 0.0886. The number of benzene rings is 1. The highest BCUT2D eigenvalue weighted by molar-refractivity contribution is 7.89. The normalized spacial score (nSPS) is 19.2. The van der Waals surface area contributed by atoms with Crippen LogP contribution in [-0.2, 0) is 10.0 Å². The minimum atomic E-state index is -3.52. The zero-order valence-corrected chi connectivity index (χ0v) is 19.1. The van der Waals surface area contributed by atoms with Crippen molar-refractivity contribution in [3.8, 4) is 0 Å². The molecule has 2 aromatic heterocycles. The lowest BCUT2D eigenvalue weighted by atomic mass is 9.92. The molecule has 11 heteroatoms. The molecular weight excluding hydrogens is 430 g/mol. The average Bonchev–Trinajstić information content (AvgIpc) is 3.28. The molecule has 2 amide bonds. The van der Waals surface area contributed by atoms with E-state index in [0.29, 0.717) is 24.7 Å².